The van der Waals surface area contributed by atoms with E-state index >= 15 is 0 Å². The van der Waals surface area contributed by atoms with Crippen LogP contribution in [0, 0.1) is 10.1 Å². The molecule has 0 saturated heterocycles. The molecule has 0 amide bonds. The van der Waals surface area contributed by atoms with E-state index in [9.17, 15) is 14.9 Å². The Kier molecular flexibility index (Phi) is 3.65. The number of hydrogen-bond acceptors (Lipinski definition) is 4. The van der Waals surface area contributed by atoms with Crippen molar-refractivity contribution in [3.05, 3.63) is 32.3 Å². The van der Waals surface area contributed by atoms with Crippen molar-refractivity contribution in [2.45, 2.75) is 0 Å². The molecule has 1 aromatic carbocycles. The van der Waals surface area contributed by atoms with E-state index in [1.165, 1.54) is 19.2 Å². The molecule has 80 valence electrons. The molecule has 0 N–H and O–H groups in total. The first kappa shape index (κ1) is 11.9. The summed E-state index contributed by atoms with van der Waals surface area (Å²) in [6.07, 6.45) is 0. The number of nitro benzene ring substituents is 1. The molecule has 0 aliphatic heterocycles. The average Bonchev–Trinajstić information content (AvgIpc) is 2.15. The predicted octanol–water partition coefficient (Wildman–Crippen LogP) is 2.74. The van der Waals surface area contributed by atoms with Crippen LogP contribution < -0.4 is 4.74 Å². The van der Waals surface area contributed by atoms with Crippen molar-refractivity contribution in [3.63, 3.8) is 0 Å². The maximum absolute atomic E-state index is 11.0. The number of carbonyl (C=O) groups is 1. The van der Waals surface area contributed by atoms with Gasteiger partial charge in [0.2, 0.25) is 0 Å². The van der Waals surface area contributed by atoms with Gasteiger partial charge in [-0.15, -0.1) is 0 Å². The van der Waals surface area contributed by atoms with Gasteiger partial charge < -0.3 is 4.74 Å². The van der Waals surface area contributed by atoms with Crippen LogP contribution in [0.15, 0.2) is 16.6 Å². The molecular formula is C8H5BrClNO4. The standard InChI is InChI=1S/C8H5BrClNO4/c1-15-6-3-4(9)2-5(11(13)14)7(6)8(10)12/h2-3H,1H3. The van der Waals surface area contributed by atoms with Crippen LogP contribution in [0.1, 0.15) is 10.4 Å². The summed E-state index contributed by atoms with van der Waals surface area (Å²) in [4.78, 5) is 21.0. The van der Waals surface area contributed by atoms with Gasteiger partial charge in [0.1, 0.15) is 5.75 Å². The molecule has 0 aliphatic rings. The van der Waals surface area contributed by atoms with Crippen molar-refractivity contribution in [3.8, 4) is 5.75 Å². The van der Waals surface area contributed by atoms with Crippen LogP contribution in [0.25, 0.3) is 0 Å². The number of halogens is 2. The van der Waals surface area contributed by atoms with Gasteiger partial charge >= 0.3 is 0 Å². The van der Waals surface area contributed by atoms with Gasteiger partial charge in [-0.25, -0.2) is 0 Å². The average molecular weight is 294 g/mol. The molecule has 0 saturated carbocycles. The minimum atomic E-state index is -0.925. The Hall–Kier alpha value is -1.14. The fourth-order valence-electron chi connectivity index (χ4n) is 1.07. The molecule has 0 atom stereocenters. The van der Waals surface area contributed by atoms with Crippen LogP contribution >= 0.6 is 27.5 Å². The number of ether oxygens (including phenoxy) is 1. The highest BCUT2D eigenvalue weighted by Gasteiger charge is 2.24. The molecule has 0 fully saturated rings. The second-order valence-electron chi connectivity index (χ2n) is 2.53. The van der Waals surface area contributed by atoms with Crippen molar-refractivity contribution < 1.29 is 14.5 Å². The van der Waals surface area contributed by atoms with Gasteiger partial charge in [-0.1, -0.05) is 15.9 Å². The van der Waals surface area contributed by atoms with Crippen LogP contribution in [0.3, 0.4) is 0 Å². The first-order chi connectivity index (χ1) is 6.97. The third-order valence-corrected chi connectivity index (χ3v) is 2.31. The Morgan fingerprint density at radius 1 is 1.60 bits per heavy atom. The quantitative estimate of drug-likeness (QED) is 0.488. The van der Waals surface area contributed by atoms with Gasteiger partial charge in [0.15, 0.2) is 5.56 Å². The Labute approximate surface area is 98.3 Å². The number of nitro groups is 1. The number of benzene rings is 1. The molecule has 0 unspecified atom stereocenters. The predicted molar refractivity (Wildman–Crippen MR) is 57.5 cm³/mol. The van der Waals surface area contributed by atoms with Gasteiger partial charge in [0.05, 0.1) is 12.0 Å². The summed E-state index contributed by atoms with van der Waals surface area (Å²) in [5, 5.41) is 9.74. The van der Waals surface area contributed by atoms with E-state index in [0.29, 0.717) is 4.47 Å². The van der Waals surface area contributed by atoms with Gasteiger partial charge in [-0.2, -0.15) is 0 Å². The highest BCUT2D eigenvalue weighted by molar-refractivity contribution is 9.10. The minimum absolute atomic E-state index is 0.0658. The summed E-state index contributed by atoms with van der Waals surface area (Å²) in [5.41, 5.74) is -0.631. The summed E-state index contributed by atoms with van der Waals surface area (Å²) in [6, 6.07) is 2.63. The molecule has 0 radical (unpaired) electrons. The lowest BCUT2D eigenvalue weighted by Gasteiger charge is -2.05. The second kappa shape index (κ2) is 4.59. The lowest BCUT2D eigenvalue weighted by Crippen LogP contribution is -2.02. The molecular weight excluding hydrogens is 289 g/mol. The van der Waals surface area contributed by atoms with E-state index in [1.54, 1.807) is 0 Å². The minimum Gasteiger partial charge on any atom is -0.496 e. The van der Waals surface area contributed by atoms with E-state index < -0.39 is 10.2 Å². The van der Waals surface area contributed by atoms with E-state index in [0.717, 1.165) is 0 Å². The maximum atomic E-state index is 11.0. The van der Waals surface area contributed by atoms with E-state index in [1.807, 2.05) is 0 Å². The topological polar surface area (TPSA) is 69.4 Å². The normalized spacial score (nSPS) is 9.80. The third kappa shape index (κ3) is 2.45. The Balaban J connectivity index is 3.54. The van der Waals surface area contributed by atoms with Gasteiger partial charge in [-0.05, 0) is 17.7 Å². The lowest BCUT2D eigenvalue weighted by atomic mass is 10.2. The molecule has 0 spiro atoms. The summed E-state index contributed by atoms with van der Waals surface area (Å²) in [7, 11) is 1.30. The number of carbonyl (C=O) groups excluding carboxylic acids is 1. The van der Waals surface area contributed by atoms with Crippen molar-refractivity contribution in [2.75, 3.05) is 7.11 Å². The number of hydrogen-bond donors (Lipinski definition) is 0. The fraction of sp³-hybridized carbons (Fsp3) is 0.125. The summed E-state index contributed by atoms with van der Waals surface area (Å²) >= 11 is 8.32. The Morgan fingerprint density at radius 2 is 2.20 bits per heavy atom. The molecule has 0 bridgehead atoms. The highest BCUT2D eigenvalue weighted by Crippen LogP contribution is 2.33. The van der Waals surface area contributed by atoms with Crippen LogP contribution in [0.2, 0.25) is 0 Å². The molecule has 0 aromatic heterocycles. The fourth-order valence-corrected chi connectivity index (χ4v) is 1.69. The summed E-state index contributed by atoms with van der Waals surface area (Å²) in [6.45, 7) is 0. The van der Waals surface area contributed by atoms with Crippen LogP contribution in [-0.2, 0) is 0 Å². The van der Waals surface area contributed by atoms with Gasteiger partial charge in [0, 0.05) is 10.5 Å². The van der Waals surface area contributed by atoms with Crippen LogP contribution in [0.4, 0.5) is 5.69 Å². The van der Waals surface area contributed by atoms with Crippen LogP contribution in [0.5, 0.6) is 5.75 Å². The number of methoxy groups -OCH3 is 1. The third-order valence-electron chi connectivity index (χ3n) is 1.66. The first-order valence-corrected chi connectivity index (χ1v) is 4.86. The lowest BCUT2D eigenvalue weighted by molar-refractivity contribution is -0.385. The summed E-state index contributed by atoms with van der Waals surface area (Å²) < 4.78 is 5.28. The molecule has 1 aromatic rings. The number of rotatable bonds is 3. The zero-order chi connectivity index (χ0) is 11.6. The Morgan fingerprint density at radius 3 is 2.60 bits per heavy atom. The van der Waals surface area contributed by atoms with E-state index in [-0.39, 0.29) is 17.0 Å². The smallest absolute Gasteiger partial charge is 0.286 e. The van der Waals surface area contributed by atoms with E-state index in [2.05, 4.69) is 15.9 Å². The molecule has 5 nitrogen and oxygen atoms in total. The zero-order valence-corrected chi connectivity index (χ0v) is 9.83. The van der Waals surface area contributed by atoms with Crippen molar-refractivity contribution in [2.24, 2.45) is 0 Å². The molecule has 1 rings (SSSR count). The zero-order valence-electron chi connectivity index (χ0n) is 7.49. The molecule has 0 heterocycles. The first-order valence-electron chi connectivity index (χ1n) is 3.69. The Bertz CT molecular complexity index is 435. The molecule has 0 aliphatic carbocycles. The van der Waals surface area contributed by atoms with Gasteiger partial charge in [0.25, 0.3) is 10.9 Å². The van der Waals surface area contributed by atoms with Crippen molar-refractivity contribution in [1.29, 1.82) is 0 Å². The van der Waals surface area contributed by atoms with Gasteiger partial charge in [-0.3, -0.25) is 14.9 Å². The SMILES string of the molecule is COc1cc(Br)cc([N+](=O)[O-])c1C(=O)Cl. The monoisotopic (exact) mass is 293 g/mol. The molecule has 7 heteroatoms. The summed E-state index contributed by atoms with van der Waals surface area (Å²) in [5.74, 6) is 0.0658. The largest absolute Gasteiger partial charge is 0.496 e. The van der Waals surface area contributed by atoms with Crippen molar-refractivity contribution >= 4 is 38.5 Å². The highest BCUT2D eigenvalue weighted by atomic mass is 79.9. The number of nitrogens with zero attached hydrogens (tertiary/aromatic N) is 1. The van der Waals surface area contributed by atoms with E-state index in [4.69, 9.17) is 16.3 Å². The van der Waals surface area contributed by atoms with Crippen molar-refractivity contribution in [1.82, 2.24) is 0 Å². The van der Waals surface area contributed by atoms with Crippen LogP contribution in [-0.4, -0.2) is 17.3 Å². The second-order valence-corrected chi connectivity index (χ2v) is 3.79. The maximum Gasteiger partial charge on any atom is 0.286 e. The molecule has 15 heavy (non-hydrogen) atoms.